The van der Waals surface area contributed by atoms with Crippen LogP contribution in [0.25, 0.3) is 11.3 Å². The normalized spacial score (nSPS) is 15.1. The molecule has 0 bridgehead atoms. The first-order valence-electron chi connectivity index (χ1n) is 11.1. The molecule has 7 nitrogen and oxygen atoms in total. The lowest BCUT2D eigenvalue weighted by Gasteiger charge is -2.17. The van der Waals surface area contributed by atoms with Crippen molar-refractivity contribution in [1.29, 1.82) is 0 Å². The molecule has 0 saturated heterocycles. The van der Waals surface area contributed by atoms with Crippen molar-refractivity contribution in [3.8, 4) is 34.3 Å². The van der Waals surface area contributed by atoms with Crippen LogP contribution in [-0.2, 0) is 0 Å². The van der Waals surface area contributed by atoms with E-state index in [1.807, 2.05) is 22.9 Å². The molecule has 1 aromatic heterocycles. The third-order valence-electron chi connectivity index (χ3n) is 5.83. The highest BCUT2D eigenvalue weighted by Crippen LogP contribution is 2.35. The predicted octanol–water partition coefficient (Wildman–Crippen LogP) is 5.83. The zero-order chi connectivity index (χ0) is 24.1. The number of aromatic nitrogens is 1. The van der Waals surface area contributed by atoms with E-state index in [2.05, 4.69) is 21.3 Å². The molecule has 0 amide bonds. The summed E-state index contributed by atoms with van der Waals surface area (Å²) in [6.45, 7) is 0. The number of methoxy groups -OCH3 is 3. The maximum absolute atomic E-state index is 10.1. The number of hydrogen-bond acceptors (Lipinski definition) is 7. The van der Waals surface area contributed by atoms with Gasteiger partial charge in [-0.25, -0.2) is 4.68 Å². The lowest BCUT2D eigenvalue weighted by atomic mass is 9.96. The van der Waals surface area contributed by atoms with Crippen molar-refractivity contribution in [2.24, 2.45) is 10.1 Å². The molecular weight excluding hydrogens is 518 g/mol. The SMILES string of the molecule is COc1ccc(-c2csc(=NC3CCCCC3)n2N=Cc2cc(Br)c(O)c(OC)c2)c(OC)c1. The summed E-state index contributed by atoms with van der Waals surface area (Å²) in [5.41, 5.74) is 2.54. The van der Waals surface area contributed by atoms with Crippen molar-refractivity contribution in [1.82, 2.24) is 4.68 Å². The van der Waals surface area contributed by atoms with Crippen LogP contribution in [0.15, 0.2) is 50.3 Å². The summed E-state index contributed by atoms with van der Waals surface area (Å²) in [6, 6.07) is 9.57. The van der Waals surface area contributed by atoms with Gasteiger partial charge >= 0.3 is 0 Å². The molecular formula is C25H28BrN3O4S. The fraction of sp³-hybridized carbons (Fsp3) is 0.360. The largest absolute Gasteiger partial charge is 0.503 e. The standard InChI is InChI=1S/C25H28BrN3O4S/c1-31-18-9-10-19(22(13-18)32-2)21-15-34-25(28-17-7-5-4-6-8-17)29(21)27-14-16-11-20(26)24(30)23(12-16)33-3/h9-15,17,30H,4-8H2,1-3H3. The number of hydrogen-bond donors (Lipinski definition) is 1. The predicted molar refractivity (Wildman–Crippen MR) is 139 cm³/mol. The molecule has 1 aliphatic carbocycles. The molecule has 34 heavy (non-hydrogen) atoms. The van der Waals surface area contributed by atoms with Gasteiger partial charge in [-0.15, -0.1) is 11.3 Å². The molecule has 1 fully saturated rings. The van der Waals surface area contributed by atoms with Crippen LogP contribution in [0.1, 0.15) is 37.7 Å². The maximum Gasteiger partial charge on any atom is 0.206 e. The molecule has 1 N–H and O–H groups in total. The molecule has 0 atom stereocenters. The van der Waals surface area contributed by atoms with Gasteiger partial charge in [-0.1, -0.05) is 19.3 Å². The minimum absolute atomic E-state index is 0.0551. The van der Waals surface area contributed by atoms with Gasteiger partial charge < -0.3 is 19.3 Å². The summed E-state index contributed by atoms with van der Waals surface area (Å²) in [4.78, 5) is 5.89. The Bertz CT molecular complexity index is 1250. The van der Waals surface area contributed by atoms with E-state index in [-0.39, 0.29) is 5.75 Å². The third-order valence-corrected chi connectivity index (χ3v) is 7.27. The van der Waals surface area contributed by atoms with Crippen LogP contribution in [0, 0.1) is 0 Å². The number of ether oxygens (including phenoxy) is 3. The van der Waals surface area contributed by atoms with Crippen LogP contribution in [0.3, 0.4) is 0 Å². The first-order valence-corrected chi connectivity index (χ1v) is 12.8. The van der Waals surface area contributed by atoms with Crippen LogP contribution in [0.4, 0.5) is 0 Å². The zero-order valence-corrected chi connectivity index (χ0v) is 21.9. The highest BCUT2D eigenvalue weighted by Gasteiger charge is 2.17. The average molecular weight is 546 g/mol. The number of nitrogens with zero attached hydrogens (tertiary/aromatic N) is 3. The number of aromatic hydroxyl groups is 1. The first kappa shape index (κ1) is 24.3. The van der Waals surface area contributed by atoms with E-state index >= 15 is 0 Å². The van der Waals surface area contributed by atoms with Gasteiger partial charge in [-0.3, -0.25) is 4.99 Å². The summed E-state index contributed by atoms with van der Waals surface area (Å²) >= 11 is 4.94. The fourth-order valence-electron chi connectivity index (χ4n) is 4.01. The smallest absolute Gasteiger partial charge is 0.206 e. The van der Waals surface area contributed by atoms with E-state index in [1.54, 1.807) is 43.9 Å². The number of thiazole rings is 1. The number of phenolic OH excluding ortho intramolecular Hbond substituents is 1. The molecule has 1 aliphatic rings. The average Bonchev–Trinajstić information content (AvgIpc) is 3.26. The second kappa shape index (κ2) is 11.1. The van der Waals surface area contributed by atoms with E-state index in [0.717, 1.165) is 40.2 Å². The Morgan fingerprint density at radius 2 is 1.79 bits per heavy atom. The van der Waals surface area contributed by atoms with Gasteiger partial charge in [0.25, 0.3) is 0 Å². The second-order valence-electron chi connectivity index (χ2n) is 8.00. The number of rotatable bonds is 7. The van der Waals surface area contributed by atoms with Gasteiger partial charge in [-0.2, -0.15) is 5.10 Å². The van der Waals surface area contributed by atoms with E-state index in [0.29, 0.717) is 22.0 Å². The van der Waals surface area contributed by atoms with Crippen LogP contribution >= 0.6 is 27.3 Å². The van der Waals surface area contributed by atoms with Gasteiger partial charge in [0.2, 0.25) is 4.80 Å². The fourth-order valence-corrected chi connectivity index (χ4v) is 5.37. The van der Waals surface area contributed by atoms with Crippen molar-refractivity contribution in [3.63, 3.8) is 0 Å². The van der Waals surface area contributed by atoms with Crippen molar-refractivity contribution in [2.75, 3.05) is 21.3 Å². The summed E-state index contributed by atoms with van der Waals surface area (Å²) in [5.74, 6) is 1.84. The molecule has 3 aromatic rings. The summed E-state index contributed by atoms with van der Waals surface area (Å²) in [5, 5.41) is 17.0. The van der Waals surface area contributed by atoms with Gasteiger partial charge in [0.15, 0.2) is 11.5 Å². The molecule has 180 valence electrons. The van der Waals surface area contributed by atoms with Gasteiger partial charge in [0.05, 0.1) is 43.8 Å². The molecule has 0 radical (unpaired) electrons. The van der Waals surface area contributed by atoms with Gasteiger partial charge in [0, 0.05) is 17.0 Å². The zero-order valence-electron chi connectivity index (χ0n) is 19.5. The lowest BCUT2D eigenvalue weighted by molar-refractivity contribution is 0.372. The van der Waals surface area contributed by atoms with E-state index in [9.17, 15) is 5.11 Å². The van der Waals surface area contributed by atoms with Crippen molar-refractivity contribution < 1.29 is 19.3 Å². The lowest BCUT2D eigenvalue weighted by Crippen LogP contribution is -2.19. The maximum atomic E-state index is 10.1. The Kier molecular flexibility index (Phi) is 7.95. The Balaban J connectivity index is 1.82. The second-order valence-corrected chi connectivity index (χ2v) is 9.69. The molecule has 1 heterocycles. The van der Waals surface area contributed by atoms with Crippen LogP contribution < -0.4 is 19.0 Å². The van der Waals surface area contributed by atoms with Gasteiger partial charge in [-0.05, 0) is 58.6 Å². The number of benzene rings is 2. The molecule has 0 aliphatic heterocycles. The molecule has 0 spiro atoms. The topological polar surface area (TPSA) is 77.6 Å². The quantitative estimate of drug-likeness (QED) is 0.379. The minimum Gasteiger partial charge on any atom is -0.503 e. The minimum atomic E-state index is 0.0551. The number of phenols is 1. The van der Waals surface area contributed by atoms with Crippen molar-refractivity contribution in [3.05, 3.63) is 50.5 Å². The van der Waals surface area contributed by atoms with E-state index in [1.165, 1.54) is 26.4 Å². The highest BCUT2D eigenvalue weighted by molar-refractivity contribution is 9.10. The van der Waals surface area contributed by atoms with Crippen LogP contribution in [0.2, 0.25) is 0 Å². The Morgan fingerprint density at radius 1 is 1.03 bits per heavy atom. The molecule has 0 unspecified atom stereocenters. The van der Waals surface area contributed by atoms with Crippen LogP contribution in [0.5, 0.6) is 23.0 Å². The number of halogens is 1. The van der Waals surface area contributed by atoms with E-state index in [4.69, 9.17) is 24.3 Å². The Morgan fingerprint density at radius 3 is 2.50 bits per heavy atom. The third kappa shape index (κ3) is 5.31. The highest BCUT2D eigenvalue weighted by atomic mass is 79.9. The summed E-state index contributed by atoms with van der Waals surface area (Å²) in [6.07, 6.45) is 7.64. The monoisotopic (exact) mass is 545 g/mol. The molecule has 9 heteroatoms. The molecule has 4 rings (SSSR count). The van der Waals surface area contributed by atoms with Crippen molar-refractivity contribution in [2.45, 2.75) is 38.1 Å². The van der Waals surface area contributed by atoms with Gasteiger partial charge in [0.1, 0.15) is 11.5 Å². The van der Waals surface area contributed by atoms with Crippen LogP contribution in [-0.4, -0.2) is 43.4 Å². The Hall–Kier alpha value is -2.78. The first-order chi connectivity index (χ1) is 16.5. The van der Waals surface area contributed by atoms with E-state index < -0.39 is 0 Å². The Labute approximate surface area is 211 Å². The van der Waals surface area contributed by atoms with Crippen molar-refractivity contribution >= 4 is 33.5 Å². The molecule has 1 saturated carbocycles. The molecule has 2 aromatic carbocycles. The summed E-state index contributed by atoms with van der Waals surface area (Å²) in [7, 11) is 4.80. The summed E-state index contributed by atoms with van der Waals surface area (Å²) < 4.78 is 18.7.